The molecule has 1 heterocycles. The van der Waals surface area contributed by atoms with Gasteiger partial charge in [0.25, 0.3) is 0 Å². The van der Waals surface area contributed by atoms with Crippen molar-refractivity contribution in [1.29, 1.82) is 0 Å². The molecule has 1 aromatic carbocycles. The van der Waals surface area contributed by atoms with Crippen LogP contribution in [0.25, 0.3) is 0 Å². The lowest BCUT2D eigenvalue weighted by Crippen LogP contribution is -2.28. The van der Waals surface area contributed by atoms with Gasteiger partial charge in [-0.1, -0.05) is 6.42 Å². The Hall–Kier alpha value is -1.59. The first-order chi connectivity index (χ1) is 10.1. The van der Waals surface area contributed by atoms with E-state index in [1.54, 1.807) is 0 Å². The molecule has 6 heteroatoms. The first-order valence-corrected chi connectivity index (χ1v) is 7.60. The van der Waals surface area contributed by atoms with Gasteiger partial charge in [0.15, 0.2) is 0 Å². The third-order valence-corrected chi connectivity index (χ3v) is 4.45. The Morgan fingerprint density at radius 1 is 1.32 bits per heavy atom. The van der Waals surface area contributed by atoms with Gasteiger partial charge in [0, 0.05) is 30.3 Å². The summed E-state index contributed by atoms with van der Waals surface area (Å²) in [4.78, 5) is 23.4. The molecular formula is C16H22ClN3O2. The molecule has 4 N–H and O–H groups in total. The quantitative estimate of drug-likeness (QED) is 0.798. The van der Waals surface area contributed by atoms with Gasteiger partial charge in [-0.05, 0) is 48.9 Å². The first-order valence-electron chi connectivity index (χ1n) is 7.60. The van der Waals surface area contributed by atoms with Crippen molar-refractivity contribution in [1.82, 2.24) is 0 Å². The summed E-state index contributed by atoms with van der Waals surface area (Å²) < 4.78 is 0. The molecule has 2 atom stereocenters. The van der Waals surface area contributed by atoms with Crippen LogP contribution in [0.1, 0.15) is 37.7 Å². The van der Waals surface area contributed by atoms with Crippen LogP contribution in [0.2, 0.25) is 0 Å². The van der Waals surface area contributed by atoms with Gasteiger partial charge in [0.2, 0.25) is 11.8 Å². The van der Waals surface area contributed by atoms with Crippen molar-refractivity contribution in [2.75, 3.05) is 10.6 Å². The summed E-state index contributed by atoms with van der Waals surface area (Å²) >= 11 is 0. The molecule has 0 spiro atoms. The van der Waals surface area contributed by atoms with Gasteiger partial charge in [-0.15, -0.1) is 12.4 Å². The number of amides is 2. The number of benzene rings is 1. The number of fused-ring (bicyclic) bond motifs is 1. The van der Waals surface area contributed by atoms with Gasteiger partial charge in [-0.2, -0.15) is 0 Å². The highest BCUT2D eigenvalue weighted by Gasteiger charge is 2.26. The molecule has 0 unspecified atom stereocenters. The summed E-state index contributed by atoms with van der Waals surface area (Å²) in [6.07, 6.45) is 4.91. The topological polar surface area (TPSA) is 84.2 Å². The fourth-order valence-electron chi connectivity index (χ4n) is 3.23. The van der Waals surface area contributed by atoms with Crippen molar-refractivity contribution in [2.24, 2.45) is 11.7 Å². The lowest BCUT2D eigenvalue weighted by molar-refractivity contribution is -0.117. The van der Waals surface area contributed by atoms with Gasteiger partial charge >= 0.3 is 0 Å². The van der Waals surface area contributed by atoms with Crippen LogP contribution in [0.5, 0.6) is 0 Å². The molecule has 1 aliphatic carbocycles. The molecule has 1 fully saturated rings. The van der Waals surface area contributed by atoms with Crippen LogP contribution in [0.3, 0.4) is 0 Å². The molecule has 0 radical (unpaired) electrons. The maximum Gasteiger partial charge on any atom is 0.224 e. The summed E-state index contributed by atoms with van der Waals surface area (Å²) in [5.41, 5.74) is 8.72. The van der Waals surface area contributed by atoms with E-state index in [-0.39, 0.29) is 30.3 Å². The summed E-state index contributed by atoms with van der Waals surface area (Å²) in [5.74, 6) is 0.383. The smallest absolute Gasteiger partial charge is 0.224 e. The highest BCUT2D eigenvalue weighted by molar-refractivity contribution is 5.95. The third kappa shape index (κ3) is 3.78. The Labute approximate surface area is 136 Å². The third-order valence-electron chi connectivity index (χ3n) is 4.45. The van der Waals surface area contributed by atoms with E-state index in [1.165, 1.54) is 0 Å². The van der Waals surface area contributed by atoms with Crippen molar-refractivity contribution in [3.63, 3.8) is 0 Å². The monoisotopic (exact) mass is 323 g/mol. The minimum absolute atomic E-state index is 0. The van der Waals surface area contributed by atoms with Gasteiger partial charge in [0.05, 0.1) is 0 Å². The van der Waals surface area contributed by atoms with Crippen LogP contribution < -0.4 is 16.4 Å². The Balaban J connectivity index is 0.00000176. The zero-order chi connectivity index (χ0) is 14.8. The van der Waals surface area contributed by atoms with E-state index in [9.17, 15) is 9.59 Å². The van der Waals surface area contributed by atoms with Crippen molar-refractivity contribution >= 4 is 35.6 Å². The van der Waals surface area contributed by atoms with E-state index in [0.717, 1.165) is 42.6 Å². The van der Waals surface area contributed by atoms with Crippen molar-refractivity contribution in [3.05, 3.63) is 23.8 Å². The normalized spacial score (nSPS) is 23.2. The predicted molar refractivity (Wildman–Crippen MR) is 89.2 cm³/mol. The Bertz CT molecular complexity index is 577. The van der Waals surface area contributed by atoms with Gasteiger partial charge in [0.1, 0.15) is 0 Å². The molecule has 1 aromatic rings. The molecule has 1 saturated carbocycles. The fourth-order valence-corrected chi connectivity index (χ4v) is 3.23. The van der Waals surface area contributed by atoms with Crippen LogP contribution >= 0.6 is 12.4 Å². The second kappa shape index (κ2) is 7.11. The van der Waals surface area contributed by atoms with Crippen LogP contribution in [-0.2, 0) is 16.0 Å². The number of nitrogens with one attached hydrogen (secondary N) is 2. The molecule has 2 aliphatic rings. The Morgan fingerprint density at radius 3 is 2.86 bits per heavy atom. The van der Waals surface area contributed by atoms with E-state index in [4.69, 9.17) is 5.73 Å². The summed E-state index contributed by atoms with van der Waals surface area (Å²) in [5, 5.41) is 5.78. The molecular weight excluding hydrogens is 302 g/mol. The van der Waals surface area contributed by atoms with Crippen LogP contribution in [0.15, 0.2) is 18.2 Å². The van der Waals surface area contributed by atoms with Gasteiger partial charge in [-0.25, -0.2) is 0 Å². The second-order valence-corrected chi connectivity index (χ2v) is 6.03. The molecule has 120 valence electrons. The van der Waals surface area contributed by atoms with Crippen LogP contribution in [-0.4, -0.2) is 17.9 Å². The van der Waals surface area contributed by atoms with Crippen LogP contribution in [0.4, 0.5) is 11.4 Å². The number of anilines is 2. The molecule has 0 saturated heterocycles. The predicted octanol–water partition coefficient (Wildman–Crippen LogP) is 2.45. The van der Waals surface area contributed by atoms with Gasteiger partial charge in [-0.3, -0.25) is 9.59 Å². The maximum atomic E-state index is 12.1. The van der Waals surface area contributed by atoms with Crippen molar-refractivity contribution in [3.8, 4) is 0 Å². The Kier molecular flexibility index (Phi) is 5.42. The molecule has 1 aliphatic heterocycles. The number of carbonyl (C=O) groups excluding carboxylic acids is 2. The lowest BCUT2D eigenvalue weighted by atomic mass is 9.99. The minimum Gasteiger partial charge on any atom is -0.327 e. The number of aryl methyl sites for hydroxylation is 1. The SMILES string of the molecule is Cl.N[C@@H]1CCC[C@H]1CC(=O)Nc1ccc2c(c1)CCC(=O)N2. The summed E-state index contributed by atoms with van der Waals surface area (Å²) in [6, 6.07) is 5.79. The first kappa shape index (κ1) is 16.8. The van der Waals surface area contributed by atoms with Crippen molar-refractivity contribution < 1.29 is 9.59 Å². The average Bonchev–Trinajstić information content (AvgIpc) is 2.84. The van der Waals surface area contributed by atoms with Gasteiger partial charge < -0.3 is 16.4 Å². The molecule has 0 aromatic heterocycles. The number of carbonyl (C=O) groups is 2. The summed E-state index contributed by atoms with van der Waals surface area (Å²) in [7, 11) is 0. The number of hydrogen-bond donors (Lipinski definition) is 3. The molecule has 22 heavy (non-hydrogen) atoms. The molecule has 0 bridgehead atoms. The molecule has 5 nitrogen and oxygen atoms in total. The number of nitrogens with two attached hydrogens (primary N) is 1. The standard InChI is InChI=1S/C16H21N3O2.ClH/c17-13-3-1-2-10(13)9-16(21)18-12-5-6-14-11(8-12)4-7-15(20)19-14;/h5-6,8,10,13H,1-4,7,9,17H2,(H,18,21)(H,19,20);1H/t10-,13+;/m0./s1. The number of halogens is 1. The summed E-state index contributed by atoms with van der Waals surface area (Å²) in [6.45, 7) is 0. The highest BCUT2D eigenvalue weighted by Crippen LogP contribution is 2.28. The van der Waals surface area contributed by atoms with Crippen molar-refractivity contribution in [2.45, 2.75) is 44.6 Å². The largest absolute Gasteiger partial charge is 0.327 e. The second-order valence-electron chi connectivity index (χ2n) is 6.03. The fraction of sp³-hybridized carbons (Fsp3) is 0.500. The van der Waals surface area contributed by atoms with Crippen LogP contribution in [0, 0.1) is 5.92 Å². The minimum atomic E-state index is 0. The zero-order valence-electron chi connectivity index (χ0n) is 12.4. The molecule has 2 amide bonds. The molecule has 3 rings (SSSR count). The van der Waals surface area contributed by atoms with E-state index >= 15 is 0 Å². The van der Waals surface area contributed by atoms with E-state index < -0.39 is 0 Å². The lowest BCUT2D eigenvalue weighted by Gasteiger charge is -2.18. The Morgan fingerprint density at radius 2 is 2.14 bits per heavy atom. The van der Waals surface area contributed by atoms with E-state index in [0.29, 0.717) is 18.8 Å². The zero-order valence-corrected chi connectivity index (χ0v) is 13.2. The number of hydrogen-bond acceptors (Lipinski definition) is 3. The highest BCUT2D eigenvalue weighted by atomic mass is 35.5. The van der Waals surface area contributed by atoms with E-state index in [2.05, 4.69) is 10.6 Å². The number of rotatable bonds is 3. The maximum absolute atomic E-state index is 12.1. The average molecular weight is 324 g/mol. The van der Waals surface area contributed by atoms with E-state index in [1.807, 2.05) is 18.2 Å².